The molecule has 2 amide bonds. The number of benzene rings is 1. The zero-order chi connectivity index (χ0) is 22.8. The number of halogens is 2. The normalized spacial score (nSPS) is 10.8. The standard InChI is InChI=1S/C22H17F2N5O3/c1-28(15-5-6-16(23)17(24)9-15)21(30)14-4-8-20-26-11-18(29(20)12-14)13-3-7-19(25-10-13)27-22(31)32-2/h3-12H,1-2H3,(H,25,27,31). The highest BCUT2D eigenvalue weighted by atomic mass is 19.2. The number of anilines is 2. The number of nitrogens with zero attached hydrogens (tertiary/aromatic N) is 4. The number of nitrogens with one attached hydrogen (secondary N) is 1. The Bertz CT molecular complexity index is 1320. The number of rotatable bonds is 4. The van der Waals surface area contributed by atoms with Gasteiger partial charge in [-0.1, -0.05) is 0 Å². The van der Waals surface area contributed by atoms with Crippen molar-refractivity contribution in [3.8, 4) is 11.3 Å². The van der Waals surface area contributed by atoms with Gasteiger partial charge in [0.2, 0.25) is 0 Å². The van der Waals surface area contributed by atoms with Crippen molar-refractivity contribution in [2.45, 2.75) is 0 Å². The molecular formula is C22H17F2N5O3. The first-order chi connectivity index (χ1) is 15.4. The van der Waals surface area contributed by atoms with E-state index in [1.165, 1.54) is 25.1 Å². The van der Waals surface area contributed by atoms with E-state index in [2.05, 4.69) is 20.0 Å². The van der Waals surface area contributed by atoms with E-state index in [-0.39, 0.29) is 5.69 Å². The minimum atomic E-state index is -1.04. The smallest absolute Gasteiger partial charge is 0.412 e. The number of methoxy groups -OCH3 is 1. The fourth-order valence-corrected chi connectivity index (χ4v) is 3.10. The number of hydrogen-bond donors (Lipinski definition) is 1. The fraction of sp³-hybridized carbons (Fsp3) is 0.0909. The highest BCUT2D eigenvalue weighted by Gasteiger charge is 2.17. The number of carbonyl (C=O) groups is 2. The van der Waals surface area contributed by atoms with Gasteiger partial charge in [0.25, 0.3) is 5.91 Å². The monoisotopic (exact) mass is 437 g/mol. The van der Waals surface area contributed by atoms with Crippen LogP contribution in [-0.4, -0.2) is 40.5 Å². The molecule has 3 aromatic heterocycles. The van der Waals surface area contributed by atoms with Crippen LogP contribution in [0.3, 0.4) is 0 Å². The molecule has 8 nitrogen and oxygen atoms in total. The van der Waals surface area contributed by atoms with Crippen molar-refractivity contribution in [2.75, 3.05) is 24.4 Å². The second-order valence-electron chi connectivity index (χ2n) is 6.80. The molecule has 4 rings (SSSR count). The largest absolute Gasteiger partial charge is 0.453 e. The first kappa shape index (κ1) is 20.9. The van der Waals surface area contributed by atoms with Crippen molar-refractivity contribution in [3.63, 3.8) is 0 Å². The molecule has 0 radical (unpaired) electrons. The molecule has 0 fully saturated rings. The van der Waals surface area contributed by atoms with Crippen molar-refractivity contribution in [3.05, 3.63) is 78.3 Å². The Hall–Kier alpha value is -4.34. The predicted molar refractivity (Wildman–Crippen MR) is 114 cm³/mol. The van der Waals surface area contributed by atoms with E-state index in [4.69, 9.17) is 0 Å². The summed E-state index contributed by atoms with van der Waals surface area (Å²) in [5.74, 6) is -2.11. The number of aromatic nitrogens is 3. The summed E-state index contributed by atoms with van der Waals surface area (Å²) in [5, 5.41) is 2.47. The maximum atomic E-state index is 13.6. The highest BCUT2D eigenvalue weighted by Crippen LogP contribution is 2.23. The van der Waals surface area contributed by atoms with Gasteiger partial charge in [-0.15, -0.1) is 0 Å². The van der Waals surface area contributed by atoms with Crippen LogP contribution in [0.5, 0.6) is 0 Å². The van der Waals surface area contributed by atoms with Gasteiger partial charge in [0.15, 0.2) is 11.6 Å². The summed E-state index contributed by atoms with van der Waals surface area (Å²) in [7, 11) is 2.73. The van der Waals surface area contributed by atoms with Gasteiger partial charge in [0, 0.05) is 36.8 Å². The van der Waals surface area contributed by atoms with Gasteiger partial charge in [-0.2, -0.15) is 0 Å². The van der Waals surface area contributed by atoms with Crippen LogP contribution in [0.15, 0.2) is 61.1 Å². The Morgan fingerprint density at radius 3 is 2.53 bits per heavy atom. The van der Waals surface area contributed by atoms with E-state index in [9.17, 15) is 18.4 Å². The van der Waals surface area contributed by atoms with Gasteiger partial charge < -0.3 is 9.64 Å². The van der Waals surface area contributed by atoms with Crippen molar-refractivity contribution in [1.82, 2.24) is 14.4 Å². The SMILES string of the molecule is COC(=O)Nc1ccc(-c2cnc3ccc(C(=O)N(C)c4ccc(F)c(F)c4)cn23)cn1. The molecule has 3 heterocycles. The van der Waals surface area contributed by atoms with Crippen LogP contribution in [0.1, 0.15) is 10.4 Å². The molecule has 0 aliphatic rings. The van der Waals surface area contributed by atoms with Crippen LogP contribution in [0, 0.1) is 11.6 Å². The molecule has 32 heavy (non-hydrogen) atoms. The highest BCUT2D eigenvalue weighted by molar-refractivity contribution is 6.05. The molecule has 0 atom stereocenters. The fourth-order valence-electron chi connectivity index (χ4n) is 3.10. The van der Waals surface area contributed by atoms with Crippen molar-refractivity contribution < 1.29 is 23.1 Å². The molecule has 0 bridgehead atoms. The lowest BCUT2D eigenvalue weighted by molar-refractivity contribution is 0.0992. The number of hydrogen-bond acceptors (Lipinski definition) is 5. The zero-order valence-electron chi connectivity index (χ0n) is 17.0. The summed E-state index contributed by atoms with van der Waals surface area (Å²) in [4.78, 5) is 34.0. The summed E-state index contributed by atoms with van der Waals surface area (Å²) in [6.07, 6.45) is 4.16. The molecule has 0 unspecified atom stereocenters. The third-order valence-corrected chi connectivity index (χ3v) is 4.82. The van der Waals surface area contributed by atoms with E-state index < -0.39 is 23.6 Å². The summed E-state index contributed by atoms with van der Waals surface area (Å²) in [6.45, 7) is 0. The Morgan fingerprint density at radius 2 is 1.84 bits per heavy atom. The van der Waals surface area contributed by atoms with Crippen molar-refractivity contribution >= 4 is 29.2 Å². The van der Waals surface area contributed by atoms with E-state index >= 15 is 0 Å². The van der Waals surface area contributed by atoms with Crippen molar-refractivity contribution in [1.29, 1.82) is 0 Å². The molecule has 1 aromatic carbocycles. The van der Waals surface area contributed by atoms with Gasteiger partial charge in [-0.25, -0.2) is 23.5 Å². The topological polar surface area (TPSA) is 88.8 Å². The van der Waals surface area contributed by atoms with Crippen LogP contribution in [0.25, 0.3) is 16.9 Å². The van der Waals surface area contributed by atoms with E-state index in [0.29, 0.717) is 28.3 Å². The Balaban J connectivity index is 1.64. The minimum Gasteiger partial charge on any atom is -0.453 e. The Kier molecular flexibility index (Phi) is 5.50. The average Bonchev–Trinajstić information content (AvgIpc) is 3.23. The zero-order valence-corrected chi connectivity index (χ0v) is 17.0. The molecule has 0 saturated carbocycles. The molecule has 0 aliphatic carbocycles. The Labute approximate surface area is 181 Å². The van der Waals surface area contributed by atoms with Gasteiger partial charge in [0.05, 0.1) is 24.6 Å². The summed E-state index contributed by atoms with van der Waals surface area (Å²) >= 11 is 0. The molecular weight excluding hydrogens is 420 g/mol. The predicted octanol–water partition coefficient (Wildman–Crippen LogP) is 4.13. The minimum absolute atomic E-state index is 0.220. The molecule has 162 valence electrons. The summed E-state index contributed by atoms with van der Waals surface area (Å²) < 4.78 is 33.0. The number of amides is 2. The maximum absolute atomic E-state index is 13.6. The molecule has 10 heteroatoms. The quantitative estimate of drug-likeness (QED) is 0.519. The first-order valence-corrected chi connectivity index (χ1v) is 9.39. The Morgan fingerprint density at radius 1 is 1.03 bits per heavy atom. The first-order valence-electron chi connectivity index (χ1n) is 9.39. The lowest BCUT2D eigenvalue weighted by Crippen LogP contribution is -2.26. The second-order valence-corrected chi connectivity index (χ2v) is 6.80. The van der Waals surface area contributed by atoms with E-state index in [1.54, 1.807) is 47.3 Å². The van der Waals surface area contributed by atoms with E-state index in [0.717, 1.165) is 12.1 Å². The molecule has 0 saturated heterocycles. The molecule has 0 aliphatic heterocycles. The average molecular weight is 437 g/mol. The number of carbonyl (C=O) groups excluding carboxylic acids is 2. The second kappa shape index (κ2) is 8.42. The number of ether oxygens (including phenoxy) is 1. The van der Waals surface area contributed by atoms with Gasteiger partial charge in [-0.3, -0.25) is 14.5 Å². The van der Waals surface area contributed by atoms with Gasteiger partial charge in [-0.05, 0) is 36.4 Å². The van der Waals surface area contributed by atoms with Crippen LogP contribution >= 0.6 is 0 Å². The van der Waals surface area contributed by atoms with Crippen LogP contribution in [0.2, 0.25) is 0 Å². The van der Waals surface area contributed by atoms with Crippen LogP contribution in [0.4, 0.5) is 25.1 Å². The lowest BCUT2D eigenvalue weighted by atomic mass is 10.2. The third-order valence-electron chi connectivity index (χ3n) is 4.82. The summed E-state index contributed by atoms with van der Waals surface area (Å²) in [6, 6.07) is 9.89. The van der Waals surface area contributed by atoms with Crippen molar-refractivity contribution in [2.24, 2.45) is 0 Å². The number of fused-ring (bicyclic) bond motifs is 1. The van der Waals surface area contributed by atoms with E-state index in [1.807, 2.05) is 0 Å². The molecule has 1 N–H and O–H groups in total. The van der Waals surface area contributed by atoms with Gasteiger partial charge >= 0.3 is 6.09 Å². The van der Waals surface area contributed by atoms with Gasteiger partial charge in [0.1, 0.15) is 11.5 Å². The van der Waals surface area contributed by atoms with Crippen LogP contribution in [-0.2, 0) is 4.74 Å². The number of pyridine rings is 2. The van der Waals surface area contributed by atoms with Crippen LogP contribution < -0.4 is 10.2 Å². The maximum Gasteiger partial charge on any atom is 0.412 e. The molecule has 0 spiro atoms. The third kappa shape index (κ3) is 3.97. The molecule has 4 aromatic rings. The summed E-state index contributed by atoms with van der Waals surface area (Å²) in [5.41, 5.74) is 2.51. The lowest BCUT2D eigenvalue weighted by Gasteiger charge is -2.18. The number of imidazole rings is 1.